The van der Waals surface area contributed by atoms with Crippen molar-refractivity contribution >= 4 is 29.4 Å². The average Bonchev–Trinajstić information content (AvgIpc) is 2.78. The van der Waals surface area contributed by atoms with E-state index in [1.54, 1.807) is 23.5 Å². The van der Waals surface area contributed by atoms with Gasteiger partial charge in [-0.3, -0.25) is 4.79 Å². The molecule has 30 heavy (non-hydrogen) atoms. The van der Waals surface area contributed by atoms with Gasteiger partial charge in [-0.15, -0.1) is 11.8 Å². The van der Waals surface area contributed by atoms with E-state index in [9.17, 15) is 10.1 Å². The molecule has 0 unspecified atom stereocenters. The number of ether oxygens (including phenoxy) is 1. The van der Waals surface area contributed by atoms with Crippen LogP contribution in [0.4, 0.5) is 0 Å². The number of nitriles is 1. The Morgan fingerprint density at radius 2 is 1.87 bits per heavy atom. The van der Waals surface area contributed by atoms with Crippen LogP contribution in [0.25, 0.3) is 0 Å². The Labute approximate surface area is 187 Å². The van der Waals surface area contributed by atoms with Crippen LogP contribution in [-0.2, 0) is 11.4 Å². The van der Waals surface area contributed by atoms with Gasteiger partial charge in [-0.05, 0) is 35.4 Å². The standard InChI is InChI=1S/C24H26N2O2S2/c1-2-3-4-8-15-29-24-21(16-25)22(27)26-23(30-24)19-11-13-20(14-12-19)28-17-18-9-6-5-7-10-18/h5-7,9-14,23H,2-4,8,15,17H2,1H3,(H,26,27)/t23-/m1/s1. The molecular formula is C24H26N2O2S2. The summed E-state index contributed by atoms with van der Waals surface area (Å²) in [5, 5.41) is 12.1. The number of thioether (sulfide) groups is 2. The van der Waals surface area contributed by atoms with Gasteiger partial charge in [0.05, 0.1) is 4.24 Å². The van der Waals surface area contributed by atoms with E-state index < -0.39 is 0 Å². The molecule has 1 aliphatic rings. The molecule has 156 valence electrons. The summed E-state index contributed by atoms with van der Waals surface area (Å²) in [6, 6.07) is 19.9. The van der Waals surface area contributed by atoms with Crippen molar-refractivity contribution in [1.82, 2.24) is 5.32 Å². The maximum absolute atomic E-state index is 12.4. The van der Waals surface area contributed by atoms with Crippen molar-refractivity contribution < 1.29 is 9.53 Å². The zero-order valence-electron chi connectivity index (χ0n) is 17.1. The Kier molecular flexibility index (Phi) is 8.73. The number of hydrogen-bond donors (Lipinski definition) is 1. The maximum Gasteiger partial charge on any atom is 0.264 e. The van der Waals surface area contributed by atoms with Crippen LogP contribution in [0.1, 0.15) is 49.1 Å². The van der Waals surface area contributed by atoms with Crippen LogP contribution in [0.5, 0.6) is 5.75 Å². The van der Waals surface area contributed by atoms with Crippen molar-refractivity contribution in [2.45, 2.75) is 44.6 Å². The van der Waals surface area contributed by atoms with Crippen molar-refractivity contribution in [1.29, 1.82) is 5.26 Å². The second-order valence-electron chi connectivity index (χ2n) is 7.00. The molecule has 0 spiro atoms. The first kappa shape index (κ1) is 22.3. The molecule has 2 aromatic carbocycles. The lowest BCUT2D eigenvalue weighted by Gasteiger charge is -2.25. The van der Waals surface area contributed by atoms with Crippen LogP contribution in [0.15, 0.2) is 64.4 Å². The molecule has 0 aliphatic carbocycles. The van der Waals surface area contributed by atoms with Crippen LogP contribution in [0.2, 0.25) is 0 Å². The second-order valence-corrected chi connectivity index (χ2v) is 9.48. The number of carbonyl (C=O) groups excluding carboxylic acids is 1. The predicted octanol–water partition coefficient (Wildman–Crippen LogP) is 6.18. The monoisotopic (exact) mass is 438 g/mol. The summed E-state index contributed by atoms with van der Waals surface area (Å²) in [6.07, 6.45) is 4.70. The molecule has 0 saturated heterocycles. The summed E-state index contributed by atoms with van der Waals surface area (Å²) in [5.74, 6) is 1.43. The average molecular weight is 439 g/mol. The predicted molar refractivity (Wildman–Crippen MR) is 125 cm³/mol. The summed E-state index contributed by atoms with van der Waals surface area (Å²) in [6.45, 7) is 2.70. The third kappa shape index (κ3) is 6.32. The normalized spacial score (nSPS) is 16.1. The molecule has 1 amide bonds. The second kappa shape index (κ2) is 11.7. The molecule has 0 radical (unpaired) electrons. The first-order chi connectivity index (χ1) is 14.7. The molecule has 1 aliphatic heterocycles. The van der Waals surface area contributed by atoms with E-state index in [4.69, 9.17) is 4.74 Å². The number of amides is 1. The Hall–Kier alpha value is -2.36. The van der Waals surface area contributed by atoms with Gasteiger partial charge in [0, 0.05) is 0 Å². The Balaban J connectivity index is 1.60. The van der Waals surface area contributed by atoms with E-state index in [0.717, 1.165) is 33.3 Å². The Morgan fingerprint density at radius 3 is 2.57 bits per heavy atom. The van der Waals surface area contributed by atoms with Crippen LogP contribution < -0.4 is 10.1 Å². The summed E-state index contributed by atoms with van der Waals surface area (Å²) >= 11 is 3.17. The molecule has 3 rings (SSSR count). The molecule has 1 N–H and O–H groups in total. The van der Waals surface area contributed by atoms with Crippen LogP contribution in [-0.4, -0.2) is 11.7 Å². The first-order valence-electron chi connectivity index (χ1n) is 10.2. The van der Waals surface area contributed by atoms with Gasteiger partial charge in [-0.1, -0.05) is 80.4 Å². The van der Waals surface area contributed by atoms with Gasteiger partial charge in [-0.25, -0.2) is 0 Å². The third-order valence-electron chi connectivity index (χ3n) is 4.69. The molecule has 1 heterocycles. The highest BCUT2D eigenvalue weighted by molar-refractivity contribution is 8.22. The smallest absolute Gasteiger partial charge is 0.264 e. The minimum absolute atomic E-state index is 0.198. The largest absolute Gasteiger partial charge is 0.489 e. The van der Waals surface area contributed by atoms with E-state index in [2.05, 4.69) is 18.3 Å². The number of nitrogens with one attached hydrogen (secondary N) is 1. The van der Waals surface area contributed by atoms with Gasteiger partial charge >= 0.3 is 0 Å². The minimum Gasteiger partial charge on any atom is -0.489 e. The number of rotatable bonds is 10. The number of unbranched alkanes of at least 4 members (excludes halogenated alkanes) is 3. The van der Waals surface area contributed by atoms with Crippen LogP contribution in [0, 0.1) is 11.3 Å². The SMILES string of the molecule is CCCCCCSC1=C(C#N)C(=O)N[C@@H](c2ccc(OCc3ccccc3)cc2)S1. The highest BCUT2D eigenvalue weighted by Crippen LogP contribution is 2.44. The zero-order valence-corrected chi connectivity index (χ0v) is 18.7. The number of benzene rings is 2. The van der Waals surface area contributed by atoms with Crippen molar-refractivity contribution in [2.75, 3.05) is 5.75 Å². The fraction of sp³-hybridized carbons (Fsp3) is 0.333. The van der Waals surface area contributed by atoms with Gasteiger partial charge in [-0.2, -0.15) is 5.26 Å². The van der Waals surface area contributed by atoms with Crippen LogP contribution >= 0.6 is 23.5 Å². The van der Waals surface area contributed by atoms with Gasteiger partial charge < -0.3 is 10.1 Å². The molecule has 2 aromatic rings. The molecule has 0 bridgehead atoms. The van der Waals surface area contributed by atoms with Crippen molar-refractivity contribution in [3.8, 4) is 11.8 Å². The molecular weight excluding hydrogens is 412 g/mol. The fourth-order valence-corrected chi connectivity index (χ4v) is 5.56. The summed E-state index contributed by atoms with van der Waals surface area (Å²) < 4.78 is 6.67. The van der Waals surface area contributed by atoms with E-state index >= 15 is 0 Å². The molecule has 6 heteroatoms. The molecule has 1 atom stereocenters. The molecule has 4 nitrogen and oxygen atoms in total. The van der Waals surface area contributed by atoms with Gasteiger partial charge in [0.1, 0.15) is 29.4 Å². The minimum atomic E-state index is -0.290. The molecule has 0 aromatic heterocycles. The summed E-state index contributed by atoms with van der Waals surface area (Å²) in [4.78, 5) is 12.4. The quantitative estimate of drug-likeness (QED) is 0.449. The van der Waals surface area contributed by atoms with Gasteiger partial charge in [0.15, 0.2) is 0 Å². The van der Waals surface area contributed by atoms with Crippen molar-refractivity contribution in [2.24, 2.45) is 0 Å². The topological polar surface area (TPSA) is 62.1 Å². The van der Waals surface area contributed by atoms with Crippen molar-refractivity contribution in [3.05, 3.63) is 75.5 Å². The fourth-order valence-electron chi connectivity index (χ4n) is 3.01. The lowest BCUT2D eigenvalue weighted by Crippen LogP contribution is -2.31. The number of carbonyl (C=O) groups is 1. The molecule has 0 saturated carbocycles. The highest BCUT2D eigenvalue weighted by atomic mass is 32.2. The zero-order chi connectivity index (χ0) is 21.2. The van der Waals surface area contributed by atoms with E-state index in [1.165, 1.54) is 19.3 Å². The summed E-state index contributed by atoms with van der Waals surface area (Å²) in [5.41, 5.74) is 2.34. The number of nitrogens with zero attached hydrogens (tertiary/aromatic N) is 1. The Morgan fingerprint density at radius 1 is 1.10 bits per heavy atom. The first-order valence-corrected chi connectivity index (χ1v) is 12.1. The lowest BCUT2D eigenvalue weighted by atomic mass is 10.2. The summed E-state index contributed by atoms with van der Waals surface area (Å²) in [7, 11) is 0. The lowest BCUT2D eigenvalue weighted by molar-refractivity contribution is -0.117. The third-order valence-corrected chi connectivity index (χ3v) is 7.34. The highest BCUT2D eigenvalue weighted by Gasteiger charge is 2.29. The number of hydrogen-bond acceptors (Lipinski definition) is 5. The van der Waals surface area contributed by atoms with Gasteiger partial charge in [0.2, 0.25) is 0 Å². The van der Waals surface area contributed by atoms with E-state index in [-0.39, 0.29) is 16.9 Å². The Bertz CT molecular complexity index is 905. The van der Waals surface area contributed by atoms with Crippen molar-refractivity contribution in [3.63, 3.8) is 0 Å². The molecule has 0 fully saturated rings. The van der Waals surface area contributed by atoms with Crippen LogP contribution in [0.3, 0.4) is 0 Å². The van der Waals surface area contributed by atoms with Gasteiger partial charge in [0.25, 0.3) is 5.91 Å². The maximum atomic E-state index is 12.4. The van der Waals surface area contributed by atoms with E-state index in [0.29, 0.717) is 6.61 Å². The van der Waals surface area contributed by atoms with E-state index in [1.807, 2.05) is 54.6 Å².